The van der Waals surface area contributed by atoms with E-state index in [4.69, 9.17) is 23.2 Å². The van der Waals surface area contributed by atoms with Gasteiger partial charge in [-0.3, -0.25) is 9.59 Å². The van der Waals surface area contributed by atoms with Gasteiger partial charge in [-0.15, -0.1) is 0 Å². The highest BCUT2D eigenvalue weighted by atomic mass is 35.5. The van der Waals surface area contributed by atoms with Crippen LogP contribution in [0.3, 0.4) is 0 Å². The second-order valence-electron chi connectivity index (χ2n) is 7.09. The average molecular weight is 421 g/mol. The molecule has 0 bridgehead atoms. The van der Waals surface area contributed by atoms with E-state index in [1.165, 1.54) is 0 Å². The number of benzene rings is 2. The Balaban J connectivity index is 2.17. The molecule has 1 unspecified atom stereocenters. The van der Waals surface area contributed by atoms with Gasteiger partial charge < -0.3 is 10.2 Å². The summed E-state index contributed by atoms with van der Waals surface area (Å²) in [5, 5.41) is 3.76. The van der Waals surface area contributed by atoms with Gasteiger partial charge in [0.05, 0.1) is 10.0 Å². The van der Waals surface area contributed by atoms with E-state index in [1.807, 2.05) is 50.2 Å². The molecule has 0 aromatic heterocycles. The molecule has 0 fully saturated rings. The van der Waals surface area contributed by atoms with E-state index in [1.54, 1.807) is 24.0 Å². The zero-order chi connectivity index (χ0) is 20.7. The van der Waals surface area contributed by atoms with Crippen LogP contribution in [-0.2, 0) is 22.6 Å². The van der Waals surface area contributed by atoms with Gasteiger partial charge in [0, 0.05) is 19.0 Å². The van der Waals surface area contributed by atoms with Crippen LogP contribution in [0, 0.1) is 0 Å². The molecule has 0 aliphatic heterocycles. The lowest BCUT2D eigenvalue weighted by Gasteiger charge is -2.29. The number of hydrogen-bond acceptors (Lipinski definition) is 2. The van der Waals surface area contributed by atoms with Gasteiger partial charge in [-0.05, 0) is 50.5 Å². The molecule has 2 aromatic carbocycles. The molecule has 0 heterocycles. The fraction of sp³-hybridized carbons (Fsp3) is 0.364. The second kappa shape index (κ2) is 10.5. The SMILES string of the molecule is CC(C)NC(=O)C(C)N(Cc1ccc(Cl)c(Cl)c1)C(=O)CCc1ccccc1. The quantitative estimate of drug-likeness (QED) is 0.661. The van der Waals surface area contributed by atoms with E-state index >= 15 is 0 Å². The molecular weight excluding hydrogens is 395 g/mol. The van der Waals surface area contributed by atoms with Crippen molar-refractivity contribution < 1.29 is 9.59 Å². The minimum absolute atomic E-state index is 0.00111. The fourth-order valence-corrected chi connectivity index (χ4v) is 3.18. The third-order valence-electron chi connectivity index (χ3n) is 4.41. The first-order valence-corrected chi connectivity index (χ1v) is 10.1. The standard InChI is InChI=1S/C22H26Cl2N2O2/c1-15(2)25-22(28)16(3)26(14-18-9-11-19(23)20(24)13-18)21(27)12-10-17-7-5-4-6-8-17/h4-9,11,13,15-16H,10,12,14H2,1-3H3,(H,25,28). The summed E-state index contributed by atoms with van der Waals surface area (Å²) < 4.78 is 0. The Hall–Kier alpha value is -2.04. The van der Waals surface area contributed by atoms with Crippen molar-refractivity contribution in [2.24, 2.45) is 0 Å². The van der Waals surface area contributed by atoms with E-state index < -0.39 is 6.04 Å². The van der Waals surface area contributed by atoms with Crippen molar-refractivity contribution >= 4 is 35.0 Å². The zero-order valence-corrected chi connectivity index (χ0v) is 17.9. The van der Waals surface area contributed by atoms with Crippen LogP contribution in [0.25, 0.3) is 0 Å². The van der Waals surface area contributed by atoms with E-state index in [0.29, 0.717) is 22.9 Å². The molecule has 1 atom stereocenters. The van der Waals surface area contributed by atoms with Crippen molar-refractivity contribution in [1.82, 2.24) is 10.2 Å². The predicted octanol–water partition coefficient (Wildman–Crippen LogP) is 4.87. The molecule has 28 heavy (non-hydrogen) atoms. The van der Waals surface area contributed by atoms with Crippen molar-refractivity contribution in [2.45, 2.75) is 52.2 Å². The predicted molar refractivity (Wildman–Crippen MR) is 115 cm³/mol. The van der Waals surface area contributed by atoms with Gasteiger partial charge in [-0.1, -0.05) is 59.6 Å². The summed E-state index contributed by atoms with van der Waals surface area (Å²) >= 11 is 12.1. The monoisotopic (exact) mass is 420 g/mol. The minimum Gasteiger partial charge on any atom is -0.352 e. The maximum absolute atomic E-state index is 13.0. The summed E-state index contributed by atoms with van der Waals surface area (Å²) in [5.41, 5.74) is 1.91. The number of hydrogen-bond donors (Lipinski definition) is 1. The third-order valence-corrected chi connectivity index (χ3v) is 5.14. The maximum atomic E-state index is 13.0. The normalized spacial score (nSPS) is 11.9. The van der Waals surface area contributed by atoms with Crippen molar-refractivity contribution in [3.05, 3.63) is 69.7 Å². The highest BCUT2D eigenvalue weighted by molar-refractivity contribution is 6.42. The lowest BCUT2D eigenvalue weighted by molar-refractivity contribution is -0.140. The van der Waals surface area contributed by atoms with Crippen molar-refractivity contribution in [3.63, 3.8) is 0 Å². The van der Waals surface area contributed by atoms with Crippen LogP contribution >= 0.6 is 23.2 Å². The summed E-state index contributed by atoms with van der Waals surface area (Å²) in [6, 6.07) is 14.5. The molecule has 2 aromatic rings. The topological polar surface area (TPSA) is 49.4 Å². The summed E-state index contributed by atoms with van der Waals surface area (Å²) in [6.45, 7) is 5.82. The molecule has 6 heteroatoms. The number of carbonyl (C=O) groups excluding carboxylic acids is 2. The fourth-order valence-electron chi connectivity index (χ4n) is 2.86. The Morgan fingerprint density at radius 3 is 2.25 bits per heavy atom. The van der Waals surface area contributed by atoms with Crippen LogP contribution < -0.4 is 5.32 Å². The molecule has 0 saturated carbocycles. The first kappa shape index (κ1) is 22.3. The Morgan fingerprint density at radius 1 is 0.964 bits per heavy atom. The summed E-state index contributed by atoms with van der Waals surface area (Å²) in [7, 11) is 0. The van der Waals surface area contributed by atoms with Crippen molar-refractivity contribution in [3.8, 4) is 0 Å². The molecule has 1 N–H and O–H groups in total. The molecule has 0 radical (unpaired) electrons. The average Bonchev–Trinajstić information content (AvgIpc) is 2.66. The molecule has 2 rings (SSSR count). The van der Waals surface area contributed by atoms with Crippen molar-refractivity contribution in [1.29, 1.82) is 0 Å². The van der Waals surface area contributed by atoms with Gasteiger partial charge in [0.15, 0.2) is 0 Å². The number of halogens is 2. The first-order chi connectivity index (χ1) is 13.3. The highest BCUT2D eigenvalue weighted by Crippen LogP contribution is 2.24. The zero-order valence-electron chi connectivity index (χ0n) is 16.4. The van der Waals surface area contributed by atoms with Gasteiger partial charge >= 0.3 is 0 Å². The lowest BCUT2D eigenvalue weighted by atomic mass is 10.1. The number of nitrogens with one attached hydrogen (secondary N) is 1. The molecule has 4 nitrogen and oxygen atoms in total. The molecule has 0 aliphatic rings. The van der Waals surface area contributed by atoms with E-state index in [2.05, 4.69) is 5.32 Å². The summed E-state index contributed by atoms with van der Waals surface area (Å²) in [4.78, 5) is 27.1. The Bertz CT molecular complexity index is 809. The summed E-state index contributed by atoms with van der Waals surface area (Å²) in [5.74, 6) is -0.260. The largest absolute Gasteiger partial charge is 0.352 e. The van der Waals surface area contributed by atoms with Crippen LogP contribution in [0.1, 0.15) is 38.3 Å². The number of nitrogens with zero attached hydrogens (tertiary/aromatic N) is 1. The van der Waals surface area contributed by atoms with Gasteiger partial charge in [-0.25, -0.2) is 0 Å². The minimum atomic E-state index is -0.597. The smallest absolute Gasteiger partial charge is 0.242 e. The van der Waals surface area contributed by atoms with Crippen LogP contribution in [0.4, 0.5) is 0 Å². The molecular formula is C22H26Cl2N2O2. The number of aryl methyl sites for hydroxylation is 1. The van der Waals surface area contributed by atoms with E-state index in [0.717, 1.165) is 11.1 Å². The molecule has 0 saturated heterocycles. The Morgan fingerprint density at radius 2 is 1.64 bits per heavy atom. The van der Waals surface area contributed by atoms with Crippen LogP contribution in [-0.4, -0.2) is 28.8 Å². The Kier molecular flexibility index (Phi) is 8.34. The van der Waals surface area contributed by atoms with Crippen molar-refractivity contribution in [2.75, 3.05) is 0 Å². The number of rotatable bonds is 8. The molecule has 0 aliphatic carbocycles. The molecule has 150 valence electrons. The van der Waals surface area contributed by atoms with E-state index in [-0.39, 0.29) is 24.4 Å². The summed E-state index contributed by atoms with van der Waals surface area (Å²) in [6.07, 6.45) is 0.945. The molecule has 2 amide bonds. The second-order valence-corrected chi connectivity index (χ2v) is 7.91. The van der Waals surface area contributed by atoms with E-state index in [9.17, 15) is 9.59 Å². The van der Waals surface area contributed by atoms with Crippen LogP contribution in [0.5, 0.6) is 0 Å². The van der Waals surface area contributed by atoms with Crippen LogP contribution in [0.15, 0.2) is 48.5 Å². The highest BCUT2D eigenvalue weighted by Gasteiger charge is 2.26. The van der Waals surface area contributed by atoms with Gasteiger partial charge in [0.2, 0.25) is 11.8 Å². The third kappa shape index (κ3) is 6.54. The maximum Gasteiger partial charge on any atom is 0.242 e. The van der Waals surface area contributed by atoms with Gasteiger partial charge in [0.25, 0.3) is 0 Å². The molecule has 0 spiro atoms. The van der Waals surface area contributed by atoms with Gasteiger partial charge in [0.1, 0.15) is 6.04 Å². The number of carbonyl (C=O) groups is 2. The first-order valence-electron chi connectivity index (χ1n) is 9.35. The van der Waals surface area contributed by atoms with Crippen LogP contribution in [0.2, 0.25) is 10.0 Å². The van der Waals surface area contributed by atoms with Gasteiger partial charge in [-0.2, -0.15) is 0 Å². The number of amides is 2. The lowest BCUT2D eigenvalue weighted by Crippen LogP contribution is -2.49. The Labute approximate surface area is 176 Å².